The Morgan fingerprint density at radius 1 is 1.28 bits per heavy atom. The van der Waals surface area contributed by atoms with E-state index in [9.17, 15) is 14.9 Å². The van der Waals surface area contributed by atoms with Crippen LogP contribution in [-0.4, -0.2) is 31.3 Å². The molecule has 1 fully saturated rings. The lowest BCUT2D eigenvalue weighted by atomic mass is 10.2. The molecule has 1 aliphatic rings. The first kappa shape index (κ1) is 19.4. The monoisotopic (exact) mass is 429 g/mol. The topological polar surface area (TPSA) is 103 Å². The highest BCUT2D eigenvalue weighted by molar-refractivity contribution is 7.99. The molecule has 2 aromatic carbocycles. The van der Waals surface area contributed by atoms with E-state index >= 15 is 0 Å². The van der Waals surface area contributed by atoms with Crippen LogP contribution in [0.15, 0.2) is 53.7 Å². The van der Waals surface area contributed by atoms with Gasteiger partial charge in [0.25, 0.3) is 5.69 Å². The predicted octanol–water partition coefficient (Wildman–Crippen LogP) is 4.44. The van der Waals surface area contributed by atoms with E-state index in [1.165, 1.54) is 30.0 Å². The van der Waals surface area contributed by atoms with Gasteiger partial charge in [-0.1, -0.05) is 41.6 Å². The van der Waals surface area contributed by atoms with Crippen LogP contribution < -0.4 is 5.32 Å². The Morgan fingerprint density at radius 2 is 2.03 bits per heavy atom. The molecule has 0 atom stereocenters. The van der Waals surface area contributed by atoms with Crippen LogP contribution in [0.2, 0.25) is 5.02 Å². The lowest BCUT2D eigenvalue weighted by molar-refractivity contribution is -0.383. The zero-order valence-electron chi connectivity index (χ0n) is 15.1. The molecule has 0 radical (unpaired) electrons. The Bertz CT molecular complexity index is 1070. The first-order chi connectivity index (χ1) is 14.0. The Labute approximate surface area is 175 Å². The van der Waals surface area contributed by atoms with Gasteiger partial charge in [0.2, 0.25) is 11.1 Å². The van der Waals surface area contributed by atoms with Crippen molar-refractivity contribution < 1.29 is 9.72 Å². The van der Waals surface area contributed by atoms with Gasteiger partial charge < -0.3 is 5.32 Å². The first-order valence-electron chi connectivity index (χ1n) is 8.90. The van der Waals surface area contributed by atoms with Crippen LogP contribution in [0.1, 0.15) is 24.6 Å². The smallest absolute Gasteiger partial charge is 0.294 e. The second kappa shape index (κ2) is 8.22. The molecule has 1 aliphatic carbocycles. The molecule has 0 aliphatic heterocycles. The zero-order chi connectivity index (χ0) is 20.4. The van der Waals surface area contributed by atoms with E-state index in [0.29, 0.717) is 11.1 Å². The second-order valence-electron chi connectivity index (χ2n) is 6.53. The van der Waals surface area contributed by atoms with Crippen molar-refractivity contribution >= 4 is 40.6 Å². The number of anilines is 1. The minimum absolute atomic E-state index is 0.0304. The minimum atomic E-state index is -0.584. The number of nitrogens with one attached hydrogen (secondary N) is 1. The lowest BCUT2D eigenvalue weighted by Gasteiger charge is -2.05. The van der Waals surface area contributed by atoms with E-state index in [-0.39, 0.29) is 28.1 Å². The highest BCUT2D eigenvalue weighted by Gasteiger charge is 2.30. The molecular weight excluding hydrogens is 414 g/mol. The number of nitro benzene ring substituents is 1. The van der Waals surface area contributed by atoms with Crippen molar-refractivity contribution in [1.29, 1.82) is 0 Å². The molecule has 0 unspecified atom stereocenters. The van der Waals surface area contributed by atoms with Gasteiger partial charge >= 0.3 is 0 Å². The van der Waals surface area contributed by atoms with E-state index in [1.54, 1.807) is 0 Å². The van der Waals surface area contributed by atoms with Crippen molar-refractivity contribution in [2.75, 3.05) is 11.1 Å². The molecule has 1 heterocycles. The number of carbonyl (C=O) groups excluding carboxylic acids is 1. The van der Waals surface area contributed by atoms with Crippen molar-refractivity contribution in [2.45, 2.75) is 23.9 Å². The standard InChI is InChI=1S/C19H16ClN5O3S/c20-13-8-9-15(16(10-13)25(27)28)21-17(26)11-29-19-22-18(12-6-7-12)24(23-19)14-4-2-1-3-5-14/h1-5,8-10,12H,6-7,11H2,(H,21,26). The van der Waals surface area contributed by atoms with Crippen LogP contribution in [0.4, 0.5) is 11.4 Å². The van der Waals surface area contributed by atoms with E-state index in [0.717, 1.165) is 24.4 Å². The van der Waals surface area contributed by atoms with Gasteiger partial charge in [-0.15, -0.1) is 5.10 Å². The highest BCUT2D eigenvalue weighted by Crippen LogP contribution is 2.40. The molecule has 29 heavy (non-hydrogen) atoms. The molecule has 1 saturated carbocycles. The Hall–Kier alpha value is -2.91. The van der Waals surface area contributed by atoms with Gasteiger partial charge in [-0.3, -0.25) is 14.9 Å². The number of hydrogen-bond acceptors (Lipinski definition) is 6. The molecule has 4 rings (SSSR count). The van der Waals surface area contributed by atoms with Crippen molar-refractivity contribution in [3.63, 3.8) is 0 Å². The predicted molar refractivity (Wildman–Crippen MR) is 111 cm³/mol. The van der Waals surface area contributed by atoms with Gasteiger partial charge in [0.05, 0.1) is 16.4 Å². The van der Waals surface area contributed by atoms with Gasteiger partial charge in [-0.2, -0.15) is 0 Å². The fourth-order valence-corrected chi connectivity index (χ4v) is 3.60. The molecular formula is C19H16ClN5O3S. The zero-order valence-corrected chi connectivity index (χ0v) is 16.7. The van der Waals surface area contributed by atoms with Crippen molar-refractivity contribution in [1.82, 2.24) is 14.8 Å². The van der Waals surface area contributed by atoms with Crippen LogP contribution >= 0.6 is 23.4 Å². The van der Waals surface area contributed by atoms with Crippen molar-refractivity contribution in [3.8, 4) is 5.69 Å². The quantitative estimate of drug-likeness (QED) is 0.338. The van der Waals surface area contributed by atoms with Gasteiger partial charge in [0.1, 0.15) is 11.5 Å². The summed E-state index contributed by atoms with van der Waals surface area (Å²) in [5.41, 5.74) is 0.778. The number of hydrogen-bond donors (Lipinski definition) is 1. The molecule has 0 spiro atoms. The third kappa shape index (κ3) is 4.57. The van der Waals surface area contributed by atoms with Gasteiger partial charge in [-0.05, 0) is 37.1 Å². The number of nitrogens with zero attached hydrogens (tertiary/aromatic N) is 4. The Kier molecular flexibility index (Phi) is 5.50. The largest absolute Gasteiger partial charge is 0.320 e. The fraction of sp³-hybridized carbons (Fsp3) is 0.211. The summed E-state index contributed by atoms with van der Waals surface area (Å²) in [6, 6.07) is 13.8. The minimum Gasteiger partial charge on any atom is -0.320 e. The number of amides is 1. The van der Waals surface area contributed by atoms with Crippen molar-refractivity contribution in [3.05, 3.63) is 69.5 Å². The first-order valence-corrected chi connectivity index (χ1v) is 10.3. The molecule has 3 aromatic rings. The summed E-state index contributed by atoms with van der Waals surface area (Å²) in [6.45, 7) is 0. The molecule has 8 nitrogen and oxygen atoms in total. The van der Waals surface area contributed by atoms with Crippen LogP contribution in [0.5, 0.6) is 0 Å². The van der Waals surface area contributed by atoms with E-state index in [1.807, 2.05) is 35.0 Å². The van der Waals surface area contributed by atoms with Crippen LogP contribution in [0, 0.1) is 10.1 Å². The normalized spacial score (nSPS) is 13.3. The van der Waals surface area contributed by atoms with Crippen molar-refractivity contribution in [2.24, 2.45) is 0 Å². The number of nitro groups is 1. The number of aromatic nitrogens is 3. The maximum absolute atomic E-state index is 12.3. The summed E-state index contributed by atoms with van der Waals surface area (Å²) in [4.78, 5) is 27.5. The summed E-state index contributed by atoms with van der Waals surface area (Å²) in [5, 5.41) is 19.0. The third-order valence-electron chi connectivity index (χ3n) is 4.32. The summed E-state index contributed by atoms with van der Waals surface area (Å²) in [7, 11) is 0. The number of halogens is 1. The average molecular weight is 430 g/mol. The fourth-order valence-electron chi connectivity index (χ4n) is 2.81. The molecule has 1 aromatic heterocycles. The number of rotatable bonds is 7. The van der Waals surface area contributed by atoms with Gasteiger partial charge in [0, 0.05) is 17.0 Å². The average Bonchev–Trinajstić information content (AvgIpc) is 3.47. The number of para-hydroxylation sites is 1. The molecule has 1 N–H and O–H groups in total. The maximum Gasteiger partial charge on any atom is 0.294 e. The second-order valence-corrected chi connectivity index (χ2v) is 7.91. The SMILES string of the molecule is O=C(CSc1nc(C2CC2)n(-c2ccccc2)n1)Nc1ccc(Cl)cc1[N+](=O)[O-]. The Balaban J connectivity index is 1.46. The van der Waals surface area contributed by atoms with Crippen LogP contribution in [0.3, 0.4) is 0 Å². The Morgan fingerprint density at radius 3 is 2.72 bits per heavy atom. The molecule has 0 saturated heterocycles. The van der Waals surface area contributed by atoms with Gasteiger partial charge in [0.15, 0.2) is 0 Å². The molecule has 10 heteroatoms. The van der Waals surface area contributed by atoms with Crippen LogP contribution in [-0.2, 0) is 4.79 Å². The number of carbonyl (C=O) groups is 1. The van der Waals surface area contributed by atoms with Gasteiger partial charge in [-0.25, -0.2) is 9.67 Å². The molecule has 1 amide bonds. The maximum atomic E-state index is 12.3. The molecule has 148 valence electrons. The highest BCUT2D eigenvalue weighted by atomic mass is 35.5. The van der Waals surface area contributed by atoms with E-state index in [2.05, 4.69) is 15.4 Å². The lowest BCUT2D eigenvalue weighted by Crippen LogP contribution is -2.15. The summed E-state index contributed by atoms with van der Waals surface area (Å²) in [5.74, 6) is 0.933. The summed E-state index contributed by atoms with van der Waals surface area (Å²) < 4.78 is 1.82. The number of benzene rings is 2. The summed E-state index contributed by atoms with van der Waals surface area (Å²) >= 11 is 6.99. The summed E-state index contributed by atoms with van der Waals surface area (Å²) in [6.07, 6.45) is 2.16. The van der Waals surface area contributed by atoms with E-state index in [4.69, 9.17) is 11.6 Å². The number of thioether (sulfide) groups is 1. The third-order valence-corrected chi connectivity index (χ3v) is 5.39. The van der Waals surface area contributed by atoms with Crippen LogP contribution in [0.25, 0.3) is 5.69 Å². The van der Waals surface area contributed by atoms with E-state index < -0.39 is 4.92 Å². The molecule has 0 bridgehead atoms.